The van der Waals surface area contributed by atoms with Crippen LogP contribution >= 0.6 is 0 Å². The molecule has 1 aromatic heterocycles. The van der Waals surface area contributed by atoms with Gasteiger partial charge < -0.3 is 19.4 Å². The van der Waals surface area contributed by atoms with Crippen LogP contribution in [0.4, 0.5) is 0 Å². The summed E-state index contributed by atoms with van der Waals surface area (Å²) in [5.74, 6) is -0.464. The number of rotatable bonds is 7. The van der Waals surface area contributed by atoms with Crippen LogP contribution in [0.25, 0.3) is 0 Å². The minimum Gasteiger partial charge on any atom is -0.497 e. The van der Waals surface area contributed by atoms with Crippen molar-refractivity contribution in [3.8, 4) is 5.75 Å². The van der Waals surface area contributed by atoms with Gasteiger partial charge in [0.25, 0.3) is 5.91 Å². The monoisotopic (exact) mass is 386 g/mol. The standard InChI is InChI=1S/C21H26N2O5/c1-7-23(20(25)15-9-8-10-16(11-15)27-5)14(4)19(24)17-12(2)18(21(26)28-6)22-13(17)3/h8-11,14,22H,7H2,1-6H3. The molecule has 1 heterocycles. The van der Waals surface area contributed by atoms with Crippen molar-refractivity contribution in [1.82, 2.24) is 9.88 Å². The summed E-state index contributed by atoms with van der Waals surface area (Å²) in [6.45, 7) is 7.27. The van der Waals surface area contributed by atoms with Crippen molar-refractivity contribution >= 4 is 17.7 Å². The lowest BCUT2D eigenvalue weighted by molar-refractivity contribution is 0.0593. The molecule has 2 rings (SSSR count). The van der Waals surface area contributed by atoms with Crippen LogP contribution in [0.3, 0.4) is 0 Å². The minimum atomic E-state index is -0.706. The first-order valence-corrected chi connectivity index (χ1v) is 9.03. The molecule has 0 aliphatic rings. The quantitative estimate of drug-likeness (QED) is 0.583. The zero-order valence-electron chi connectivity index (χ0n) is 17.1. The lowest BCUT2D eigenvalue weighted by Gasteiger charge is -2.27. The average molecular weight is 386 g/mol. The number of methoxy groups -OCH3 is 2. The van der Waals surface area contributed by atoms with E-state index in [1.165, 1.54) is 19.1 Å². The molecule has 1 amide bonds. The summed E-state index contributed by atoms with van der Waals surface area (Å²) in [4.78, 5) is 42.5. The van der Waals surface area contributed by atoms with Gasteiger partial charge in [-0.1, -0.05) is 6.07 Å². The van der Waals surface area contributed by atoms with Crippen molar-refractivity contribution in [2.75, 3.05) is 20.8 Å². The first-order chi connectivity index (χ1) is 13.3. The fraction of sp³-hybridized carbons (Fsp3) is 0.381. The van der Waals surface area contributed by atoms with E-state index in [0.29, 0.717) is 34.7 Å². The molecule has 0 bridgehead atoms. The maximum Gasteiger partial charge on any atom is 0.354 e. The van der Waals surface area contributed by atoms with Gasteiger partial charge in [-0.05, 0) is 51.5 Å². The van der Waals surface area contributed by atoms with Gasteiger partial charge in [-0.15, -0.1) is 0 Å². The Morgan fingerprint density at radius 2 is 1.86 bits per heavy atom. The van der Waals surface area contributed by atoms with Crippen molar-refractivity contribution in [2.45, 2.75) is 33.7 Å². The Bertz CT molecular complexity index is 900. The van der Waals surface area contributed by atoms with Gasteiger partial charge in [-0.2, -0.15) is 0 Å². The summed E-state index contributed by atoms with van der Waals surface area (Å²) in [6.07, 6.45) is 0. The molecular weight excluding hydrogens is 360 g/mol. The fourth-order valence-electron chi connectivity index (χ4n) is 3.29. The molecule has 1 atom stereocenters. The molecule has 0 radical (unpaired) electrons. The number of aromatic amines is 1. The van der Waals surface area contributed by atoms with E-state index in [1.807, 2.05) is 6.92 Å². The molecule has 150 valence electrons. The van der Waals surface area contributed by atoms with Crippen LogP contribution < -0.4 is 4.74 Å². The molecule has 1 aromatic carbocycles. The second-order valence-electron chi connectivity index (χ2n) is 6.48. The summed E-state index contributed by atoms with van der Waals surface area (Å²) in [5.41, 5.74) is 2.19. The number of hydrogen-bond acceptors (Lipinski definition) is 5. The molecule has 0 saturated carbocycles. The fourth-order valence-corrected chi connectivity index (χ4v) is 3.29. The molecule has 28 heavy (non-hydrogen) atoms. The van der Waals surface area contributed by atoms with Crippen molar-refractivity contribution in [3.63, 3.8) is 0 Å². The van der Waals surface area contributed by atoms with Gasteiger partial charge in [-0.25, -0.2) is 4.79 Å². The highest BCUT2D eigenvalue weighted by Gasteiger charge is 2.31. The van der Waals surface area contributed by atoms with Crippen molar-refractivity contribution in [1.29, 1.82) is 0 Å². The number of aryl methyl sites for hydroxylation is 1. The van der Waals surface area contributed by atoms with Gasteiger partial charge in [0, 0.05) is 23.4 Å². The lowest BCUT2D eigenvalue weighted by atomic mass is 9.99. The zero-order chi connectivity index (χ0) is 21.0. The second-order valence-corrected chi connectivity index (χ2v) is 6.48. The Morgan fingerprint density at radius 1 is 1.18 bits per heavy atom. The number of hydrogen-bond donors (Lipinski definition) is 1. The van der Waals surface area contributed by atoms with E-state index in [0.717, 1.165) is 0 Å². The average Bonchev–Trinajstić information content (AvgIpc) is 3.01. The lowest BCUT2D eigenvalue weighted by Crippen LogP contribution is -2.43. The molecule has 0 aliphatic heterocycles. The van der Waals surface area contributed by atoms with Crippen LogP contribution in [0, 0.1) is 13.8 Å². The molecule has 1 N–H and O–H groups in total. The number of H-pyrrole nitrogens is 1. The number of benzene rings is 1. The summed E-state index contributed by atoms with van der Waals surface area (Å²) >= 11 is 0. The third-order valence-electron chi connectivity index (χ3n) is 4.84. The van der Waals surface area contributed by atoms with E-state index in [-0.39, 0.29) is 17.4 Å². The number of nitrogens with zero attached hydrogens (tertiary/aromatic N) is 1. The molecule has 0 fully saturated rings. The number of esters is 1. The second kappa shape index (κ2) is 8.73. The van der Waals surface area contributed by atoms with Gasteiger partial charge in [-0.3, -0.25) is 9.59 Å². The van der Waals surface area contributed by atoms with E-state index in [9.17, 15) is 14.4 Å². The minimum absolute atomic E-state index is 0.237. The number of likely N-dealkylation sites (N-methyl/N-ethyl adjacent to an activating group) is 1. The number of Topliss-reactive ketones (excluding diaryl/α,β-unsaturated/α-hetero) is 1. The number of ether oxygens (including phenoxy) is 2. The highest BCUT2D eigenvalue weighted by Crippen LogP contribution is 2.23. The predicted octanol–water partition coefficient (Wildman–Crippen LogP) is 3.16. The molecule has 2 aromatic rings. The molecule has 1 unspecified atom stereocenters. The normalized spacial score (nSPS) is 11.6. The number of ketones is 1. The maximum absolute atomic E-state index is 13.2. The van der Waals surface area contributed by atoms with Crippen molar-refractivity contribution in [2.24, 2.45) is 0 Å². The highest BCUT2D eigenvalue weighted by atomic mass is 16.5. The van der Waals surface area contributed by atoms with Crippen molar-refractivity contribution < 1.29 is 23.9 Å². The molecule has 0 aliphatic carbocycles. The maximum atomic E-state index is 13.2. The highest BCUT2D eigenvalue weighted by molar-refractivity contribution is 6.07. The molecule has 7 heteroatoms. The Kier molecular flexibility index (Phi) is 6.62. The molecule has 0 saturated heterocycles. The Morgan fingerprint density at radius 3 is 2.43 bits per heavy atom. The molecular formula is C21H26N2O5. The van der Waals surface area contributed by atoms with Crippen LogP contribution in [-0.2, 0) is 4.74 Å². The summed E-state index contributed by atoms with van der Waals surface area (Å²) in [5, 5.41) is 0. The number of aromatic nitrogens is 1. The summed E-state index contributed by atoms with van der Waals surface area (Å²) in [7, 11) is 2.82. The third-order valence-corrected chi connectivity index (χ3v) is 4.84. The largest absolute Gasteiger partial charge is 0.497 e. The number of nitrogens with one attached hydrogen (secondary N) is 1. The zero-order valence-corrected chi connectivity index (χ0v) is 17.1. The van der Waals surface area contributed by atoms with Crippen LogP contribution in [0.15, 0.2) is 24.3 Å². The van der Waals surface area contributed by atoms with Crippen LogP contribution in [0.1, 0.15) is 56.3 Å². The summed E-state index contributed by atoms with van der Waals surface area (Å²) < 4.78 is 9.93. The van der Waals surface area contributed by atoms with Gasteiger partial charge >= 0.3 is 5.97 Å². The van der Waals surface area contributed by atoms with Crippen LogP contribution in [0.2, 0.25) is 0 Å². The number of carbonyl (C=O) groups excluding carboxylic acids is 3. The predicted molar refractivity (Wildman–Crippen MR) is 105 cm³/mol. The topological polar surface area (TPSA) is 88.7 Å². The first kappa shape index (κ1) is 21.2. The van der Waals surface area contributed by atoms with Crippen LogP contribution in [0.5, 0.6) is 5.75 Å². The van der Waals surface area contributed by atoms with Crippen LogP contribution in [-0.4, -0.2) is 54.3 Å². The van der Waals surface area contributed by atoms with Gasteiger partial charge in [0.1, 0.15) is 11.4 Å². The van der Waals surface area contributed by atoms with Gasteiger partial charge in [0.15, 0.2) is 5.78 Å². The Labute approximate surface area is 164 Å². The number of carbonyl (C=O) groups is 3. The van der Waals surface area contributed by atoms with Gasteiger partial charge in [0.2, 0.25) is 0 Å². The van der Waals surface area contributed by atoms with Gasteiger partial charge in [0.05, 0.1) is 20.3 Å². The molecule has 0 spiro atoms. The van der Waals surface area contributed by atoms with E-state index < -0.39 is 12.0 Å². The van der Waals surface area contributed by atoms with E-state index in [1.54, 1.807) is 45.0 Å². The van der Waals surface area contributed by atoms with E-state index in [2.05, 4.69) is 4.98 Å². The van der Waals surface area contributed by atoms with E-state index in [4.69, 9.17) is 9.47 Å². The third kappa shape index (κ3) is 3.93. The van der Waals surface area contributed by atoms with E-state index >= 15 is 0 Å². The first-order valence-electron chi connectivity index (χ1n) is 9.03. The summed E-state index contributed by atoms with van der Waals surface area (Å²) in [6, 6.07) is 6.11. The molecule has 7 nitrogen and oxygen atoms in total. The number of amides is 1. The Balaban J connectivity index is 2.36. The Hall–Kier alpha value is -3.09. The SMILES string of the molecule is CCN(C(=O)c1cccc(OC)c1)C(C)C(=O)c1c(C)[nH]c(C(=O)OC)c1C. The van der Waals surface area contributed by atoms with Crippen molar-refractivity contribution in [3.05, 3.63) is 52.3 Å². The smallest absolute Gasteiger partial charge is 0.354 e.